The fraction of sp³-hybridized carbons (Fsp3) is 0.357. The molecule has 1 saturated heterocycles. The molecule has 0 radical (unpaired) electrons. The van der Waals surface area contributed by atoms with Crippen molar-refractivity contribution in [3.63, 3.8) is 0 Å². The zero-order valence-electron chi connectivity index (χ0n) is 10.2. The number of aliphatic carboxylic acids is 1. The molecule has 0 amide bonds. The van der Waals surface area contributed by atoms with E-state index in [2.05, 4.69) is 0 Å². The second-order valence-corrected chi connectivity index (χ2v) is 5.60. The van der Waals surface area contributed by atoms with Crippen LogP contribution in [0.15, 0.2) is 29.2 Å². The highest BCUT2D eigenvalue weighted by atomic mass is 32.2. The van der Waals surface area contributed by atoms with E-state index in [0.717, 1.165) is 28.2 Å². The van der Waals surface area contributed by atoms with Crippen LogP contribution in [0.3, 0.4) is 0 Å². The first kappa shape index (κ1) is 13.2. The Bertz CT molecular complexity index is 482. The van der Waals surface area contributed by atoms with Crippen molar-refractivity contribution < 1.29 is 15.0 Å². The maximum absolute atomic E-state index is 10.9. The zero-order chi connectivity index (χ0) is 13.1. The first-order valence-corrected chi connectivity index (χ1v) is 6.91. The van der Waals surface area contributed by atoms with Crippen LogP contribution >= 0.6 is 11.8 Å². The number of carboxylic acid groups (broad SMARTS) is 1. The summed E-state index contributed by atoms with van der Waals surface area (Å²) in [6.45, 7) is 1.67. The molecule has 4 heteroatoms. The molecule has 96 valence electrons. The lowest BCUT2D eigenvalue weighted by Gasteiger charge is -2.08. The Morgan fingerprint density at radius 3 is 2.94 bits per heavy atom. The van der Waals surface area contributed by atoms with E-state index in [9.17, 15) is 9.90 Å². The van der Waals surface area contributed by atoms with Gasteiger partial charge in [-0.15, -0.1) is 11.8 Å². The quantitative estimate of drug-likeness (QED) is 0.881. The van der Waals surface area contributed by atoms with E-state index in [1.54, 1.807) is 18.7 Å². The van der Waals surface area contributed by atoms with Gasteiger partial charge in [-0.1, -0.05) is 24.3 Å². The third-order valence-electron chi connectivity index (χ3n) is 3.08. The van der Waals surface area contributed by atoms with E-state index in [-0.39, 0.29) is 6.10 Å². The standard InChI is InChI=1S/C14H16O3S/c1-9(14(16)17)11-4-2-3-10(7-11)8-13-12(15)5-6-18-13/h2-4,7-9,12,15H,5-6H2,1H3,(H,16,17)/b13-8-. The molecule has 2 rings (SSSR count). The highest BCUT2D eigenvalue weighted by Crippen LogP contribution is 2.32. The fourth-order valence-corrected chi connectivity index (χ4v) is 3.00. The Kier molecular flexibility index (Phi) is 4.09. The van der Waals surface area contributed by atoms with Gasteiger partial charge >= 0.3 is 5.97 Å². The van der Waals surface area contributed by atoms with E-state index in [0.29, 0.717) is 0 Å². The van der Waals surface area contributed by atoms with E-state index in [4.69, 9.17) is 5.11 Å². The van der Waals surface area contributed by atoms with Gasteiger partial charge in [0.25, 0.3) is 0 Å². The molecule has 1 heterocycles. The molecule has 3 nitrogen and oxygen atoms in total. The second kappa shape index (κ2) is 5.59. The molecule has 1 aromatic rings. The summed E-state index contributed by atoms with van der Waals surface area (Å²) in [7, 11) is 0. The summed E-state index contributed by atoms with van der Waals surface area (Å²) in [5.41, 5.74) is 1.73. The van der Waals surface area contributed by atoms with Crippen molar-refractivity contribution >= 4 is 23.8 Å². The van der Waals surface area contributed by atoms with Crippen molar-refractivity contribution in [1.82, 2.24) is 0 Å². The van der Waals surface area contributed by atoms with Gasteiger partial charge in [-0.2, -0.15) is 0 Å². The summed E-state index contributed by atoms with van der Waals surface area (Å²) in [6.07, 6.45) is 2.37. The average Bonchev–Trinajstić information content (AvgIpc) is 2.74. The van der Waals surface area contributed by atoms with Crippen LogP contribution in [0.25, 0.3) is 6.08 Å². The molecule has 1 aromatic carbocycles. The summed E-state index contributed by atoms with van der Waals surface area (Å²) in [5.74, 6) is -0.391. The van der Waals surface area contributed by atoms with E-state index < -0.39 is 11.9 Å². The Morgan fingerprint density at radius 2 is 2.33 bits per heavy atom. The average molecular weight is 264 g/mol. The van der Waals surface area contributed by atoms with Gasteiger partial charge in [0.15, 0.2) is 0 Å². The van der Waals surface area contributed by atoms with Gasteiger partial charge in [-0.3, -0.25) is 4.79 Å². The van der Waals surface area contributed by atoms with E-state index >= 15 is 0 Å². The molecule has 18 heavy (non-hydrogen) atoms. The number of carboxylic acids is 1. The normalized spacial score (nSPS) is 23.2. The molecular weight excluding hydrogens is 248 g/mol. The highest BCUT2D eigenvalue weighted by Gasteiger charge is 2.19. The number of aliphatic hydroxyl groups excluding tert-OH is 1. The summed E-state index contributed by atoms with van der Waals surface area (Å²) in [5, 5.41) is 18.7. The molecule has 2 unspecified atom stereocenters. The lowest BCUT2D eigenvalue weighted by molar-refractivity contribution is -0.138. The lowest BCUT2D eigenvalue weighted by Crippen LogP contribution is -2.07. The summed E-state index contributed by atoms with van der Waals surface area (Å²) < 4.78 is 0. The molecule has 0 bridgehead atoms. The molecule has 2 atom stereocenters. The molecule has 0 aliphatic carbocycles. The number of aliphatic hydroxyl groups is 1. The van der Waals surface area contributed by atoms with Gasteiger partial charge in [0.1, 0.15) is 0 Å². The number of hydrogen-bond acceptors (Lipinski definition) is 3. The Balaban J connectivity index is 2.25. The van der Waals surface area contributed by atoms with Crippen molar-refractivity contribution in [3.05, 3.63) is 40.3 Å². The topological polar surface area (TPSA) is 57.5 Å². The Labute approximate surface area is 111 Å². The molecule has 0 aromatic heterocycles. The van der Waals surface area contributed by atoms with Crippen LogP contribution in [0.1, 0.15) is 30.4 Å². The molecule has 0 saturated carbocycles. The van der Waals surface area contributed by atoms with Crippen LogP contribution < -0.4 is 0 Å². The van der Waals surface area contributed by atoms with Crippen LogP contribution in [0.4, 0.5) is 0 Å². The van der Waals surface area contributed by atoms with Gasteiger partial charge in [0.2, 0.25) is 0 Å². The third-order valence-corrected chi connectivity index (χ3v) is 4.24. The monoisotopic (exact) mass is 264 g/mol. The van der Waals surface area contributed by atoms with Crippen molar-refractivity contribution in [2.24, 2.45) is 0 Å². The van der Waals surface area contributed by atoms with Gasteiger partial charge in [0.05, 0.1) is 12.0 Å². The van der Waals surface area contributed by atoms with Gasteiger partial charge in [-0.05, 0) is 30.5 Å². The molecule has 1 aliphatic rings. The molecule has 1 aliphatic heterocycles. The minimum atomic E-state index is -0.824. The highest BCUT2D eigenvalue weighted by molar-refractivity contribution is 8.03. The maximum Gasteiger partial charge on any atom is 0.310 e. The zero-order valence-corrected chi connectivity index (χ0v) is 11.0. The molecule has 0 spiro atoms. The third kappa shape index (κ3) is 2.94. The number of benzene rings is 1. The second-order valence-electron chi connectivity index (χ2n) is 4.43. The summed E-state index contributed by atoms with van der Waals surface area (Å²) in [6, 6.07) is 7.47. The van der Waals surface area contributed by atoms with Crippen molar-refractivity contribution in [3.8, 4) is 0 Å². The van der Waals surface area contributed by atoms with Crippen LogP contribution in [-0.4, -0.2) is 28.0 Å². The summed E-state index contributed by atoms with van der Waals surface area (Å²) >= 11 is 1.66. The molecule has 1 fully saturated rings. The minimum Gasteiger partial charge on any atom is -0.481 e. The van der Waals surface area contributed by atoms with Gasteiger partial charge in [0, 0.05) is 10.7 Å². The fourth-order valence-electron chi connectivity index (χ4n) is 1.89. The Hall–Kier alpha value is -1.26. The predicted molar refractivity (Wildman–Crippen MR) is 73.6 cm³/mol. The first-order chi connectivity index (χ1) is 8.58. The van der Waals surface area contributed by atoms with Crippen molar-refractivity contribution in [1.29, 1.82) is 0 Å². The number of thioether (sulfide) groups is 1. The van der Waals surface area contributed by atoms with Crippen LogP contribution in [0.2, 0.25) is 0 Å². The van der Waals surface area contributed by atoms with Crippen molar-refractivity contribution in [2.75, 3.05) is 5.75 Å². The number of carbonyl (C=O) groups is 1. The first-order valence-electron chi connectivity index (χ1n) is 5.93. The van der Waals surface area contributed by atoms with Crippen LogP contribution in [0.5, 0.6) is 0 Å². The van der Waals surface area contributed by atoms with E-state index in [1.165, 1.54) is 0 Å². The maximum atomic E-state index is 10.9. The van der Waals surface area contributed by atoms with Gasteiger partial charge in [-0.25, -0.2) is 0 Å². The van der Waals surface area contributed by atoms with Gasteiger partial charge < -0.3 is 10.2 Å². The molecular formula is C14H16O3S. The van der Waals surface area contributed by atoms with Crippen LogP contribution in [-0.2, 0) is 4.79 Å². The minimum absolute atomic E-state index is 0.365. The van der Waals surface area contributed by atoms with Crippen molar-refractivity contribution in [2.45, 2.75) is 25.4 Å². The SMILES string of the molecule is CC(C(=O)O)c1cccc(/C=C2\SCCC2O)c1. The van der Waals surface area contributed by atoms with E-state index in [1.807, 2.05) is 30.3 Å². The number of hydrogen-bond donors (Lipinski definition) is 2. The molecule has 2 N–H and O–H groups in total. The smallest absolute Gasteiger partial charge is 0.310 e. The Morgan fingerprint density at radius 1 is 1.56 bits per heavy atom. The largest absolute Gasteiger partial charge is 0.481 e. The summed E-state index contributed by atoms with van der Waals surface area (Å²) in [4.78, 5) is 11.9. The van der Waals surface area contributed by atoms with Crippen LogP contribution in [0, 0.1) is 0 Å². The predicted octanol–water partition coefficient (Wildman–Crippen LogP) is 2.71. The number of rotatable bonds is 3. The lowest BCUT2D eigenvalue weighted by atomic mass is 9.99.